The molecule has 20 heavy (non-hydrogen) atoms. The van der Waals surface area contributed by atoms with Crippen LogP contribution in [0.2, 0.25) is 0 Å². The second-order valence-electron chi connectivity index (χ2n) is 4.95. The van der Waals surface area contributed by atoms with Crippen molar-refractivity contribution in [1.82, 2.24) is 10.1 Å². The summed E-state index contributed by atoms with van der Waals surface area (Å²) in [6.45, 7) is 3.95. The lowest BCUT2D eigenvalue weighted by Crippen LogP contribution is -2.06. The number of nitrogens with zero attached hydrogens (tertiary/aromatic N) is 2. The van der Waals surface area contributed by atoms with Crippen molar-refractivity contribution < 1.29 is 13.7 Å². The molecule has 0 radical (unpaired) electrons. The number of halogens is 2. The zero-order valence-electron chi connectivity index (χ0n) is 11.2. The first-order valence-electron chi connectivity index (χ1n) is 6.25. The molecule has 0 bridgehead atoms. The van der Waals surface area contributed by atoms with Crippen LogP contribution in [0.5, 0.6) is 0 Å². The first-order valence-corrected chi connectivity index (χ1v) is 7.04. The number of benzene rings is 1. The van der Waals surface area contributed by atoms with Gasteiger partial charge in [-0.2, -0.15) is 4.98 Å². The molecule has 6 heteroatoms. The van der Waals surface area contributed by atoms with Gasteiger partial charge in [0.25, 0.3) is 0 Å². The van der Waals surface area contributed by atoms with Crippen LogP contribution in [-0.4, -0.2) is 15.9 Å². The Hall–Kier alpha value is -1.56. The van der Waals surface area contributed by atoms with E-state index in [9.17, 15) is 9.18 Å². The summed E-state index contributed by atoms with van der Waals surface area (Å²) in [6, 6.07) is 4.22. The number of carbonyl (C=O) groups excluding carboxylic acids is 1. The van der Waals surface area contributed by atoms with Gasteiger partial charge in [-0.05, 0) is 24.1 Å². The third kappa shape index (κ3) is 3.72. The van der Waals surface area contributed by atoms with Gasteiger partial charge >= 0.3 is 0 Å². The highest BCUT2D eigenvalue weighted by atomic mass is 79.9. The molecule has 0 aliphatic heterocycles. The van der Waals surface area contributed by atoms with Gasteiger partial charge in [0.05, 0.1) is 6.42 Å². The molecule has 2 aromatic rings. The van der Waals surface area contributed by atoms with Crippen LogP contribution < -0.4 is 0 Å². The summed E-state index contributed by atoms with van der Waals surface area (Å²) >= 11 is 3.30. The summed E-state index contributed by atoms with van der Waals surface area (Å²) in [4.78, 5) is 15.8. The number of rotatable bonds is 5. The normalized spacial score (nSPS) is 11.1. The smallest absolute Gasteiger partial charge is 0.234 e. The number of Topliss-reactive ketones (excluding diaryl/α,β-unsaturated/α-hetero) is 1. The molecule has 2 rings (SSSR count). The molecule has 0 aliphatic rings. The number of hydrogen-bond acceptors (Lipinski definition) is 4. The standard InChI is InChI=1S/C14H14BrFN2O2/c1-8(2)5-10(19)7-13-17-14(18-20-13)11-6-9(16)3-4-12(11)15/h3-4,6,8H,5,7H2,1-2H3. The molecule has 0 saturated carbocycles. The van der Waals surface area contributed by atoms with Crippen molar-refractivity contribution in [3.05, 3.63) is 34.4 Å². The van der Waals surface area contributed by atoms with Crippen molar-refractivity contribution >= 4 is 21.7 Å². The SMILES string of the molecule is CC(C)CC(=O)Cc1nc(-c2cc(F)ccc2Br)no1. The van der Waals surface area contributed by atoms with Crippen molar-refractivity contribution in [2.75, 3.05) is 0 Å². The van der Waals surface area contributed by atoms with Crippen molar-refractivity contribution in [3.63, 3.8) is 0 Å². The second kappa shape index (κ2) is 6.26. The van der Waals surface area contributed by atoms with Crippen LogP contribution in [-0.2, 0) is 11.2 Å². The zero-order valence-corrected chi connectivity index (χ0v) is 12.8. The largest absolute Gasteiger partial charge is 0.338 e. The van der Waals surface area contributed by atoms with E-state index >= 15 is 0 Å². The van der Waals surface area contributed by atoms with Crippen LogP contribution in [0.1, 0.15) is 26.2 Å². The summed E-state index contributed by atoms with van der Waals surface area (Å²) in [6.07, 6.45) is 0.583. The molecule has 0 spiro atoms. The Bertz CT molecular complexity index is 625. The lowest BCUT2D eigenvalue weighted by atomic mass is 10.1. The highest BCUT2D eigenvalue weighted by Crippen LogP contribution is 2.26. The fourth-order valence-electron chi connectivity index (χ4n) is 1.80. The molecule has 0 unspecified atom stereocenters. The van der Waals surface area contributed by atoms with Gasteiger partial charge in [-0.3, -0.25) is 4.79 Å². The molecule has 0 N–H and O–H groups in total. The summed E-state index contributed by atoms with van der Waals surface area (Å²) < 4.78 is 18.9. The first kappa shape index (κ1) is 14.8. The minimum absolute atomic E-state index is 0.0495. The van der Waals surface area contributed by atoms with Crippen LogP contribution in [0.25, 0.3) is 11.4 Å². The summed E-state index contributed by atoms with van der Waals surface area (Å²) in [5.41, 5.74) is 0.497. The molecular formula is C14H14BrFN2O2. The van der Waals surface area contributed by atoms with Crippen molar-refractivity contribution in [3.8, 4) is 11.4 Å². The van der Waals surface area contributed by atoms with E-state index in [2.05, 4.69) is 26.1 Å². The predicted molar refractivity (Wildman–Crippen MR) is 75.6 cm³/mol. The van der Waals surface area contributed by atoms with Gasteiger partial charge < -0.3 is 4.52 Å². The zero-order chi connectivity index (χ0) is 14.7. The van der Waals surface area contributed by atoms with Gasteiger partial charge in [0.1, 0.15) is 11.6 Å². The number of ketones is 1. The van der Waals surface area contributed by atoms with E-state index in [1.165, 1.54) is 12.1 Å². The van der Waals surface area contributed by atoms with E-state index in [1.807, 2.05) is 13.8 Å². The molecule has 1 aromatic carbocycles. The lowest BCUT2D eigenvalue weighted by molar-refractivity contribution is -0.119. The van der Waals surface area contributed by atoms with Crippen molar-refractivity contribution in [1.29, 1.82) is 0 Å². The molecular weight excluding hydrogens is 327 g/mol. The predicted octanol–water partition coefficient (Wildman–Crippen LogP) is 3.80. The Labute approximate surface area is 124 Å². The van der Waals surface area contributed by atoms with Crippen molar-refractivity contribution in [2.45, 2.75) is 26.7 Å². The van der Waals surface area contributed by atoms with Crippen LogP contribution in [0.15, 0.2) is 27.2 Å². The van der Waals surface area contributed by atoms with E-state index in [1.54, 1.807) is 6.07 Å². The summed E-state index contributed by atoms with van der Waals surface area (Å²) in [5.74, 6) is 0.478. The van der Waals surface area contributed by atoms with E-state index in [4.69, 9.17) is 4.52 Å². The highest BCUT2D eigenvalue weighted by Gasteiger charge is 2.15. The van der Waals surface area contributed by atoms with Crippen LogP contribution in [0.3, 0.4) is 0 Å². The minimum Gasteiger partial charge on any atom is -0.338 e. The summed E-state index contributed by atoms with van der Waals surface area (Å²) in [7, 11) is 0. The van der Waals surface area contributed by atoms with E-state index < -0.39 is 0 Å². The monoisotopic (exact) mass is 340 g/mol. The molecule has 0 amide bonds. The van der Waals surface area contributed by atoms with Crippen LogP contribution >= 0.6 is 15.9 Å². The highest BCUT2D eigenvalue weighted by molar-refractivity contribution is 9.10. The Kier molecular flexibility index (Phi) is 4.65. The third-order valence-electron chi connectivity index (χ3n) is 2.62. The Morgan fingerprint density at radius 2 is 2.20 bits per heavy atom. The molecule has 0 atom stereocenters. The maximum Gasteiger partial charge on any atom is 0.234 e. The van der Waals surface area contributed by atoms with Crippen molar-refractivity contribution in [2.24, 2.45) is 5.92 Å². The Morgan fingerprint density at radius 1 is 1.45 bits per heavy atom. The molecule has 4 nitrogen and oxygen atoms in total. The van der Waals surface area contributed by atoms with Gasteiger partial charge in [-0.15, -0.1) is 0 Å². The number of carbonyl (C=O) groups is 1. The van der Waals surface area contributed by atoms with Gasteiger partial charge in [0.15, 0.2) is 0 Å². The van der Waals surface area contributed by atoms with E-state index in [0.29, 0.717) is 22.4 Å². The first-order chi connectivity index (χ1) is 9.45. The average molecular weight is 341 g/mol. The van der Waals surface area contributed by atoms with Gasteiger partial charge in [-0.1, -0.05) is 34.9 Å². The number of hydrogen-bond donors (Lipinski definition) is 0. The van der Waals surface area contributed by atoms with E-state index in [-0.39, 0.29) is 29.7 Å². The van der Waals surface area contributed by atoms with Crippen LogP contribution in [0, 0.1) is 11.7 Å². The second-order valence-corrected chi connectivity index (χ2v) is 5.80. The van der Waals surface area contributed by atoms with Gasteiger partial charge in [0, 0.05) is 16.5 Å². The molecule has 1 heterocycles. The topological polar surface area (TPSA) is 56.0 Å². The summed E-state index contributed by atoms with van der Waals surface area (Å²) in [5, 5.41) is 3.79. The Morgan fingerprint density at radius 3 is 2.90 bits per heavy atom. The lowest BCUT2D eigenvalue weighted by Gasteiger charge is -2.00. The molecule has 0 saturated heterocycles. The van der Waals surface area contributed by atoms with E-state index in [0.717, 1.165) is 0 Å². The molecule has 1 aromatic heterocycles. The fourth-order valence-corrected chi connectivity index (χ4v) is 2.23. The molecule has 106 valence electrons. The molecule has 0 fully saturated rings. The average Bonchev–Trinajstić information content (AvgIpc) is 2.79. The quantitative estimate of drug-likeness (QED) is 0.830. The fraction of sp³-hybridized carbons (Fsp3) is 0.357. The Balaban J connectivity index is 2.16. The maximum atomic E-state index is 13.2. The van der Waals surface area contributed by atoms with Crippen LogP contribution in [0.4, 0.5) is 4.39 Å². The maximum absolute atomic E-state index is 13.2. The molecule has 0 aliphatic carbocycles. The number of aromatic nitrogens is 2. The van der Waals surface area contributed by atoms with Gasteiger partial charge in [-0.25, -0.2) is 4.39 Å². The third-order valence-corrected chi connectivity index (χ3v) is 3.31. The van der Waals surface area contributed by atoms with Gasteiger partial charge in [0.2, 0.25) is 11.7 Å². The minimum atomic E-state index is -0.384.